The molecule has 2 amide bonds. The molecule has 9 nitrogen and oxygen atoms in total. The van der Waals surface area contributed by atoms with E-state index >= 15 is 0 Å². The van der Waals surface area contributed by atoms with Crippen LogP contribution in [-0.4, -0.2) is 49.0 Å². The number of carbonyl (C=O) groups is 2. The van der Waals surface area contributed by atoms with Gasteiger partial charge in [-0.3, -0.25) is 14.4 Å². The molecule has 35 heavy (non-hydrogen) atoms. The quantitative estimate of drug-likeness (QED) is 0.127. The third kappa shape index (κ3) is 8.67. The number of nitrogens with zero attached hydrogens (tertiary/aromatic N) is 1. The largest absolute Gasteiger partial charge is 0.395 e. The van der Waals surface area contributed by atoms with E-state index in [-0.39, 0.29) is 37.3 Å². The number of benzene rings is 2. The van der Waals surface area contributed by atoms with Crippen LogP contribution in [-0.2, 0) is 14.5 Å². The summed E-state index contributed by atoms with van der Waals surface area (Å²) in [6.07, 6.45) is 0.825. The van der Waals surface area contributed by atoms with Crippen LogP contribution in [0.2, 0.25) is 0 Å². The maximum absolute atomic E-state index is 15.0. The summed E-state index contributed by atoms with van der Waals surface area (Å²) >= 11 is 1.88. The summed E-state index contributed by atoms with van der Waals surface area (Å²) in [4.78, 5) is 33.8. The third-order valence-corrected chi connectivity index (χ3v) is 4.84. The zero-order valence-electron chi connectivity index (χ0n) is 18.8. The van der Waals surface area contributed by atoms with Gasteiger partial charge in [-0.05, 0) is 60.7 Å². The molecule has 0 aliphatic rings. The average Bonchev–Trinajstić information content (AvgIpc) is 2.79. The fourth-order valence-electron chi connectivity index (χ4n) is 2.66. The second-order valence-corrected chi connectivity index (χ2v) is 8.55. The van der Waals surface area contributed by atoms with Crippen molar-refractivity contribution < 1.29 is 37.5 Å². The average molecular weight is 608 g/mol. The minimum absolute atomic E-state index is 0.00729. The topological polar surface area (TPSA) is 121 Å². The maximum atomic E-state index is 15.0. The van der Waals surface area contributed by atoms with Gasteiger partial charge in [0.15, 0.2) is 11.6 Å². The first-order valence-electron chi connectivity index (χ1n) is 10.4. The summed E-state index contributed by atoms with van der Waals surface area (Å²) in [6, 6.07) is 4.91. The molecule has 0 fully saturated rings. The number of hydrogen-bond donors (Lipinski definition) is 4. The van der Waals surface area contributed by atoms with Gasteiger partial charge in [-0.2, -0.15) is 0 Å². The van der Waals surface area contributed by atoms with E-state index in [2.05, 4.69) is 15.8 Å². The molecular formula is C22H24F3IN4O5. The first-order valence-corrected chi connectivity index (χ1v) is 11.4. The van der Waals surface area contributed by atoms with E-state index in [9.17, 15) is 22.8 Å². The Hall–Kier alpha value is -2.91. The van der Waals surface area contributed by atoms with Crippen molar-refractivity contribution in [2.45, 2.75) is 26.3 Å². The first-order chi connectivity index (χ1) is 16.6. The number of halogens is 4. The van der Waals surface area contributed by atoms with Crippen LogP contribution in [0.4, 0.5) is 24.5 Å². The van der Waals surface area contributed by atoms with Gasteiger partial charge < -0.3 is 20.6 Å². The van der Waals surface area contributed by atoms with Crippen LogP contribution in [0.15, 0.2) is 29.4 Å². The molecule has 2 aromatic carbocycles. The van der Waals surface area contributed by atoms with Crippen molar-refractivity contribution >= 4 is 52.0 Å². The Balaban J connectivity index is 2.30. The lowest BCUT2D eigenvalue weighted by Crippen LogP contribution is -2.30. The summed E-state index contributed by atoms with van der Waals surface area (Å²) < 4.78 is 44.6. The molecule has 13 heteroatoms. The first kappa shape index (κ1) is 28.3. The van der Waals surface area contributed by atoms with Gasteiger partial charge in [0.25, 0.3) is 5.91 Å². The van der Waals surface area contributed by atoms with Crippen molar-refractivity contribution in [1.82, 2.24) is 10.8 Å². The fraction of sp³-hybridized carbons (Fsp3) is 0.318. The molecule has 0 saturated heterocycles. The molecule has 0 bridgehead atoms. The zero-order valence-corrected chi connectivity index (χ0v) is 21.0. The number of amides is 2. The van der Waals surface area contributed by atoms with Crippen LogP contribution in [0.1, 0.15) is 36.2 Å². The second kappa shape index (κ2) is 13.8. The highest BCUT2D eigenvalue weighted by Crippen LogP contribution is 2.30. The Morgan fingerprint density at radius 3 is 2.57 bits per heavy atom. The van der Waals surface area contributed by atoms with Crippen LogP contribution in [0, 0.1) is 21.0 Å². The molecular weight excluding hydrogens is 584 g/mol. The van der Waals surface area contributed by atoms with Crippen LogP contribution in [0.25, 0.3) is 0 Å². The van der Waals surface area contributed by atoms with Gasteiger partial charge in [-0.15, -0.1) is 0 Å². The van der Waals surface area contributed by atoms with Gasteiger partial charge in [-0.1, -0.05) is 5.16 Å². The molecule has 4 N–H and O–H groups in total. The third-order valence-electron chi connectivity index (χ3n) is 4.16. The van der Waals surface area contributed by atoms with Crippen molar-refractivity contribution in [3.05, 3.63) is 56.4 Å². The molecule has 190 valence electrons. The van der Waals surface area contributed by atoms with Gasteiger partial charge >= 0.3 is 0 Å². The van der Waals surface area contributed by atoms with Gasteiger partial charge in [-0.25, -0.2) is 18.7 Å². The number of oxime groups is 1. The van der Waals surface area contributed by atoms with Crippen LogP contribution < -0.4 is 16.1 Å². The summed E-state index contributed by atoms with van der Waals surface area (Å²) in [5.74, 6) is -4.87. The lowest BCUT2D eigenvalue weighted by molar-refractivity contribution is -0.122. The maximum Gasteiger partial charge on any atom is 0.277 e. The summed E-state index contributed by atoms with van der Waals surface area (Å²) in [6.45, 7) is 2.82. The Bertz CT molecular complexity index is 1090. The normalized spacial score (nSPS) is 11.1. The van der Waals surface area contributed by atoms with E-state index < -0.39 is 46.8 Å². The Kier molecular flexibility index (Phi) is 11.2. The second-order valence-electron chi connectivity index (χ2n) is 7.31. The summed E-state index contributed by atoms with van der Waals surface area (Å²) in [5, 5.41) is 17.4. The zero-order chi connectivity index (χ0) is 26.0. The molecule has 0 spiro atoms. The molecule has 2 aromatic rings. The van der Waals surface area contributed by atoms with Crippen molar-refractivity contribution in [2.75, 3.05) is 25.1 Å². The number of aliphatic hydroxyl groups is 1. The van der Waals surface area contributed by atoms with E-state index in [0.717, 1.165) is 12.3 Å². The molecule has 0 aromatic heterocycles. The number of nitrogens with one attached hydrogen (secondary N) is 3. The number of hydroxylamine groups is 1. The number of rotatable bonds is 12. The predicted octanol–water partition coefficient (Wildman–Crippen LogP) is 3.37. The molecule has 0 aliphatic carbocycles. The van der Waals surface area contributed by atoms with Gasteiger partial charge in [0.05, 0.1) is 42.8 Å². The molecule has 0 aliphatic heterocycles. The molecule has 0 unspecified atom stereocenters. The molecule has 0 radical (unpaired) electrons. The fourth-order valence-corrected chi connectivity index (χ4v) is 3.12. The van der Waals surface area contributed by atoms with E-state index in [1.165, 1.54) is 18.2 Å². The molecule has 0 saturated carbocycles. The number of anilines is 2. The summed E-state index contributed by atoms with van der Waals surface area (Å²) in [5.41, 5.74) is 0.265. The van der Waals surface area contributed by atoms with Crippen molar-refractivity contribution in [3.8, 4) is 0 Å². The SMILES string of the molecule is CC(C)NC(=O)CCON=Cc1cc(C(=O)NOCCO)c(Nc2ccc(I)cc2F)c(F)c1F. The number of hydrogen-bond acceptors (Lipinski definition) is 7. The van der Waals surface area contributed by atoms with E-state index in [4.69, 9.17) is 14.8 Å². The van der Waals surface area contributed by atoms with Crippen LogP contribution in [0.5, 0.6) is 0 Å². The molecule has 0 heterocycles. The van der Waals surface area contributed by atoms with Gasteiger partial charge in [0.2, 0.25) is 5.91 Å². The van der Waals surface area contributed by atoms with Gasteiger partial charge in [0, 0.05) is 15.2 Å². The Morgan fingerprint density at radius 1 is 1.17 bits per heavy atom. The minimum atomic E-state index is -1.48. The lowest BCUT2D eigenvalue weighted by atomic mass is 10.1. The highest BCUT2D eigenvalue weighted by molar-refractivity contribution is 14.1. The van der Waals surface area contributed by atoms with Crippen molar-refractivity contribution in [2.24, 2.45) is 5.16 Å². The smallest absolute Gasteiger partial charge is 0.277 e. The van der Waals surface area contributed by atoms with Gasteiger partial charge in [0.1, 0.15) is 12.4 Å². The highest BCUT2D eigenvalue weighted by Gasteiger charge is 2.23. The Labute approximate surface area is 213 Å². The highest BCUT2D eigenvalue weighted by atomic mass is 127. The minimum Gasteiger partial charge on any atom is -0.395 e. The molecule has 0 atom stereocenters. The Morgan fingerprint density at radius 2 is 1.91 bits per heavy atom. The predicted molar refractivity (Wildman–Crippen MR) is 131 cm³/mol. The lowest BCUT2D eigenvalue weighted by Gasteiger charge is -2.15. The summed E-state index contributed by atoms with van der Waals surface area (Å²) in [7, 11) is 0. The standard InChI is InChI=1S/C22H24F3IN4O5/c1-12(2)28-18(32)5-7-34-27-11-13-9-15(22(33)30-35-8-6-31)21(20(25)19(13)24)29-17-4-3-14(26)10-16(17)23/h3-4,9-12,29,31H,5-8H2,1-2H3,(H,28,32)(H,30,33). The number of aliphatic hydroxyl groups excluding tert-OH is 1. The van der Waals surface area contributed by atoms with Crippen molar-refractivity contribution in [3.63, 3.8) is 0 Å². The monoisotopic (exact) mass is 608 g/mol. The van der Waals surface area contributed by atoms with E-state index in [1.54, 1.807) is 13.8 Å². The van der Waals surface area contributed by atoms with E-state index in [1.807, 2.05) is 28.1 Å². The molecule has 2 rings (SSSR count). The van der Waals surface area contributed by atoms with Crippen LogP contribution in [0.3, 0.4) is 0 Å². The van der Waals surface area contributed by atoms with E-state index in [0.29, 0.717) is 3.57 Å². The van der Waals surface area contributed by atoms with Crippen LogP contribution >= 0.6 is 22.6 Å². The van der Waals surface area contributed by atoms with Crippen molar-refractivity contribution in [1.29, 1.82) is 0 Å². The number of carbonyl (C=O) groups excluding carboxylic acids is 2.